The van der Waals surface area contributed by atoms with Crippen LogP contribution >= 0.6 is 12.2 Å². The van der Waals surface area contributed by atoms with Gasteiger partial charge in [0.1, 0.15) is 6.04 Å². The van der Waals surface area contributed by atoms with Crippen molar-refractivity contribution >= 4 is 29.2 Å². The zero-order valence-corrected chi connectivity index (χ0v) is 8.56. The van der Waals surface area contributed by atoms with Gasteiger partial charge in [0.25, 0.3) is 0 Å². The van der Waals surface area contributed by atoms with E-state index in [2.05, 4.69) is 10.6 Å². The van der Waals surface area contributed by atoms with E-state index in [1.54, 1.807) is 0 Å². The third-order valence-electron chi connectivity index (χ3n) is 2.13. The topological polar surface area (TPSA) is 78.4 Å². The van der Waals surface area contributed by atoms with Crippen molar-refractivity contribution in [3.05, 3.63) is 0 Å². The number of urea groups is 1. The first kappa shape index (κ1) is 10.9. The highest BCUT2D eigenvalue weighted by Crippen LogP contribution is 2.16. The highest BCUT2D eigenvalue weighted by atomic mass is 32.1. The van der Waals surface area contributed by atoms with Crippen LogP contribution in [0.15, 0.2) is 0 Å². The molecule has 0 aromatic rings. The lowest BCUT2D eigenvalue weighted by Crippen LogP contribution is -2.60. The predicted octanol–water partition coefficient (Wildman–Crippen LogP) is 0.496. The van der Waals surface area contributed by atoms with Crippen LogP contribution in [-0.2, 0) is 4.79 Å². The summed E-state index contributed by atoms with van der Waals surface area (Å²) < 4.78 is 0. The zero-order chi connectivity index (χ0) is 10.7. The fourth-order valence-corrected chi connectivity index (χ4v) is 1.82. The summed E-state index contributed by atoms with van der Waals surface area (Å²) >= 11 is 4.93. The first-order valence-electron chi connectivity index (χ1n) is 4.40. The van der Waals surface area contributed by atoms with Crippen LogP contribution in [0.1, 0.15) is 19.8 Å². The smallest absolute Gasteiger partial charge is 0.326 e. The summed E-state index contributed by atoms with van der Waals surface area (Å²) in [5.74, 6) is -1.34. The Morgan fingerprint density at radius 3 is 2.79 bits per heavy atom. The van der Waals surface area contributed by atoms with Crippen LogP contribution in [0.4, 0.5) is 4.79 Å². The Bertz CT molecular complexity index is 280. The molecule has 1 aliphatic rings. The molecule has 0 aromatic heterocycles. The minimum absolute atomic E-state index is 0.301. The molecule has 78 valence electrons. The molecule has 5 nitrogen and oxygen atoms in total. The molecule has 1 fully saturated rings. The molecule has 0 saturated carbocycles. The molecule has 0 spiro atoms. The molecule has 0 bridgehead atoms. The van der Waals surface area contributed by atoms with Crippen LogP contribution in [0.2, 0.25) is 0 Å². The minimum Gasteiger partial charge on any atom is -0.480 e. The number of carbonyl (C=O) groups is 2. The van der Waals surface area contributed by atoms with Crippen molar-refractivity contribution in [2.45, 2.75) is 25.8 Å². The van der Waals surface area contributed by atoms with Gasteiger partial charge in [-0.3, -0.25) is 0 Å². The Labute approximate surface area is 86.9 Å². The zero-order valence-electron chi connectivity index (χ0n) is 7.74. The second-order valence-electron chi connectivity index (χ2n) is 3.17. The van der Waals surface area contributed by atoms with Crippen molar-refractivity contribution in [1.82, 2.24) is 10.6 Å². The minimum atomic E-state index is -1.04. The highest BCUT2D eigenvalue weighted by Gasteiger charge is 2.36. The van der Waals surface area contributed by atoms with Crippen LogP contribution in [-0.4, -0.2) is 28.1 Å². The highest BCUT2D eigenvalue weighted by molar-refractivity contribution is 7.80. The summed E-state index contributed by atoms with van der Waals surface area (Å²) in [4.78, 5) is 22.1. The maximum atomic E-state index is 11.0. The van der Waals surface area contributed by atoms with E-state index in [4.69, 9.17) is 17.3 Å². The third kappa shape index (κ3) is 2.20. The first-order valence-corrected chi connectivity index (χ1v) is 4.81. The lowest BCUT2D eigenvalue weighted by atomic mass is 9.93. The SMILES string of the molecule is CCC[C@@H]1C(=S)NC(=O)N[C@@H]1C(=O)O. The number of thiocarbonyl (C=S) groups is 1. The molecule has 1 aliphatic heterocycles. The van der Waals surface area contributed by atoms with Crippen LogP contribution in [0.25, 0.3) is 0 Å². The predicted molar refractivity (Wildman–Crippen MR) is 54.1 cm³/mol. The van der Waals surface area contributed by atoms with E-state index in [0.29, 0.717) is 11.4 Å². The van der Waals surface area contributed by atoms with Crippen molar-refractivity contribution in [3.63, 3.8) is 0 Å². The quantitative estimate of drug-likeness (QED) is 0.600. The molecular formula is C8H12N2O3S. The summed E-state index contributed by atoms with van der Waals surface area (Å²) in [5.41, 5.74) is 0. The molecule has 3 N–H and O–H groups in total. The number of aliphatic carboxylic acids is 1. The van der Waals surface area contributed by atoms with Crippen LogP contribution in [0.5, 0.6) is 0 Å². The summed E-state index contributed by atoms with van der Waals surface area (Å²) in [6, 6.07) is -1.43. The average Bonchev–Trinajstić information content (AvgIpc) is 2.09. The van der Waals surface area contributed by atoms with Gasteiger partial charge in [-0.1, -0.05) is 25.6 Å². The van der Waals surface area contributed by atoms with Crippen LogP contribution in [0.3, 0.4) is 0 Å². The van der Waals surface area contributed by atoms with E-state index in [0.717, 1.165) is 6.42 Å². The summed E-state index contributed by atoms with van der Waals surface area (Å²) in [7, 11) is 0. The molecule has 0 unspecified atom stereocenters. The number of carboxylic acids is 1. The van der Waals surface area contributed by atoms with Gasteiger partial charge in [-0.2, -0.15) is 0 Å². The van der Waals surface area contributed by atoms with Gasteiger partial charge in [-0.25, -0.2) is 9.59 Å². The van der Waals surface area contributed by atoms with E-state index >= 15 is 0 Å². The van der Waals surface area contributed by atoms with E-state index in [9.17, 15) is 9.59 Å². The van der Waals surface area contributed by atoms with Crippen LogP contribution < -0.4 is 10.6 Å². The van der Waals surface area contributed by atoms with E-state index in [1.165, 1.54) is 0 Å². The molecule has 2 amide bonds. The number of hydrogen-bond donors (Lipinski definition) is 3. The average molecular weight is 216 g/mol. The van der Waals surface area contributed by atoms with Gasteiger partial charge in [0.2, 0.25) is 0 Å². The normalized spacial score (nSPS) is 26.6. The molecule has 1 saturated heterocycles. The molecule has 2 atom stereocenters. The maximum absolute atomic E-state index is 11.0. The molecule has 0 radical (unpaired) electrons. The fourth-order valence-electron chi connectivity index (χ4n) is 1.48. The Kier molecular flexibility index (Phi) is 3.40. The third-order valence-corrected chi connectivity index (χ3v) is 2.53. The molecule has 0 aromatic carbocycles. The van der Waals surface area contributed by atoms with Gasteiger partial charge in [0, 0.05) is 5.92 Å². The Morgan fingerprint density at radius 1 is 1.64 bits per heavy atom. The molecule has 14 heavy (non-hydrogen) atoms. The van der Waals surface area contributed by atoms with Crippen molar-refractivity contribution in [2.75, 3.05) is 0 Å². The fraction of sp³-hybridized carbons (Fsp3) is 0.625. The monoisotopic (exact) mass is 216 g/mol. The van der Waals surface area contributed by atoms with Crippen molar-refractivity contribution in [3.8, 4) is 0 Å². The Morgan fingerprint density at radius 2 is 2.29 bits per heavy atom. The number of rotatable bonds is 3. The molecule has 6 heteroatoms. The van der Waals surface area contributed by atoms with Gasteiger partial charge in [0.05, 0.1) is 4.99 Å². The van der Waals surface area contributed by atoms with Gasteiger partial charge >= 0.3 is 12.0 Å². The molecule has 1 rings (SSSR count). The molecule has 0 aliphatic carbocycles. The van der Waals surface area contributed by atoms with Gasteiger partial charge in [-0.15, -0.1) is 0 Å². The first-order chi connectivity index (χ1) is 6.56. The summed E-state index contributed by atoms with van der Waals surface area (Å²) in [6.45, 7) is 1.94. The second-order valence-corrected chi connectivity index (χ2v) is 3.61. The second kappa shape index (κ2) is 4.36. The molecule has 1 heterocycles. The number of amides is 2. The van der Waals surface area contributed by atoms with Crippen molar-refractivity contribution in [1.29, 1.82) is 0 Å². The van der Waals surface area contributed by atoms with Crippen molar-refractivity contribution in [2.24, 2.45) is 5.92 Å². The van der Waals surface area contributed by atoms with Crippen LogP contribution in [0, 0.1) is 5.92 Å². The Hall–Kier alpha value is -1.17. The number of carboxylic acid groups (broad SMARTS) is 1. The number of carbonyl (C=O) groups excluding carboxylic acids is 1. The largest absolute Gasteiger partial charge is 0.480 e. The maximum Gasteiger partial charge on any atom is 0.326 e. The van der Waals surface area contributed by atoms with Gasteiger partial charge in [-0.05, 0) is 6.42 Å². The van der Waals surface area contributed by atoms with Crippen molar-refractivity contribution < 1.29 is 14.7 Å². The Balaban J connectivity index is 2.80. The summed E-state index contributed by atoms with van der Waals surface area (Å²) in [5, 5.41) is 13.6. The number of nitrogens with one attached hydrogen (secondary N) is 2. The van der Waals surface area contributed by atoms with Gasteiger partial charge in [0.15, 0.2) is 0 Å². The molecular weight excluding hydrogens is 204 g/mol. The standard InChI is InChI=1S/C8H12N2O3S/c1-2-3-4-5(7(11)12)9-8(13)10-6(4)14/h4-5H,2-3H2,1H3,(H,11,12)(H2,9,10,13,14)/t4-,5-/m0/s1. The van der Waals surface area contributed by atoms with E-state index in [-0.39, 0.29) is 5.92 Å². The summed E-state index contributed by atoms with van der Waals surface area (Å²) in [6.07, 6.45) is 1.48. The number of hydrogen-bond acceptors (Lipinski definition) is 3. The van der Waals surface area contributed by atoms with Gasteiger partial charge < -0.3 is 15.7 Å². The van der Waals surface area contributed by atoms with E-state index in [1.807, 2.05) is 6.92 Å². The van der Waals surface area contributed by atoms with E-state index < -0.39 is 18.0 Å². The lowest BCUT2D eigenvalue weighted by Gasteiger charge is -2.30. The lowest BCUT2D eigenvalue weighted by molar-refractivity contribution is -0.140.